The Bertz CT molecular complexity index is 787. The van der Waals surface area contributed by atoms with Crippen LogP contribution >= 0.6 is 0 Å². The number of sulfonamides is 1. The highest BCUT2D eigenvalue weighted by Gasteiger charge is 2.23. The fraction of sp³-hybridized carbons (Fsp3) is 0.294. The molecule has 6 nitrogen and oxygen atoms in total. The number of hydrogen-bond acceptors (Lipinski definition) is 5. The van der Waals surface area contributed by atoms with Crippen molar-refractivity contribution in [1.82, 2.24) is 4.31 Å². The number of para-hydroxylation sites is 1. The molecule has 0 unspecified atom stereocenters. The highest BCUT2D eigenvalue weighted by atomic mass is 32.2. The molecule has 0 aliphatic carbocycles. The van der Waals surface area contributed by atoms with Gasteiger partial charge in [0, 0.05) is 19.2 Å². The van der Waals surface area contributed by atoms with Crippen LogP contribution in [0, 0.1) is 0 Å². The van der Waals surface area contributed by atoms with Gasteiger partial charge >= 0.3 is 0 Å². The van der Waals surface area contributed by atoms with Gasteiger partial charge in [-0.1, -0.05) is 12.1 Å². The zero-order valence-electron chi connectivity index (χ0n) is 14.1. The van der Waals surface area contributed by atoms with Crippen molar-refractivity contribution in [2.45, 2.75) is 11.4 Å². The molecule has 2 aromatic rings. The Morgan fingerprint density at radius 2 is 1.58 bits per heavy atom. The SMILES string of the molecule is COc1ccc(S(=O)(=O)N(C)Cc2cccc(OC)c2OC)cc1. The zero-order chi connectivity index (χ0) is 17.7. The minimum Gasteiger partial charge on any atom is -0.497 e. The van der Waals surface area contributed by atoms with E-state index in [1.165, 1.54) is 37.7 Å². The van der Waals surface area contributed by atoms with E-state index in [1.54, 1.807) is 37.4 Å². The molecule has 130 valence electrons. The Balaban J connectivity index is 2.29. The van der Waals surface area contributed by atoms with Gasteiger partial charge in [0.05, 0.1) is 26.2 Å². The third-order valence-electron chi connectivity index (χ3n) is 3.65. The van der Waals surface area contributed by atoms with Gasteiger partial charge in [0.2, 0.25) is 10.0 Å². The van der Waals surface area contributed by atoms with Crippen LogP contribution in [0.25, 0.3) is 0 Å². The first-order chi connectivity index (χ1) is 11.4. The smallest absolute Gasteiger partial charge is 0.243 e. The molecule has 0 amide bonds. The molecule has 0 radical (unpaired) electrons. The van der Waals surface area contributed by atoms with Crippen LogP contribution in [0.4, 0.5) is 0 Å². The molecular formula is C17H21NO5S. The summed E-state index contributed by atoms with van der Waals surface area (Å²) < 4.78 is 42.3. The van der Waals surface area contributed by atoms with E-state index >= 15 is 0 Å². The third kappa shape index (κ3) is 3.63. The van der Waals surface area contributed by atoms with Gasteiger partial charge in [-0.15, -0.1) is 0 Å². The number of rotatable bonds is 7. The molecule has 0 spiro atoms. The maximum Gasteiger partial charge on any atom is 0.243 e. The van der Waals surface area contributed by atoms with Crippen LogP contribution in [0.5, 0.6) is 17.2 Å². The van der Waals surface area contributed by atoms with Crippen molar-refractivity contribution in [3.05, 3.63) is 48.0 Å². The molecule has 0 heterocycles. The van der Waals surface area contributed by atoms with Crippen LogP contribution in [-0.2, 0) is 16.6 Å². The Kier molecular flexibility index (Phi) is 5.69. The fourth-order valence-electron chi connectivity index (χ4n) is 2.33. The van der Waals surface area contributed by atoms with E-state index in [9.17, 15) is 8.42 Å². The van der Waals surface area contributed by atoms with Crippen LogP contribution in [0.2, 0.25) is 0 Å². The summed E-state index contributed by atoms with van der Waals surface area (Å²) in [5.41, 5.74) is 0.719. The molecule has 2 aromatic carbocycles. The van der Waals surface area contributed by atoms with Crippen LogP contribution < -0.4 is 14.2 Å². The lowest BCUT2D eigenvalue weighted by Gasteiger charge is -2.20. The topological polar surface area (TPSA) is 65.1 Å². The van der Waals surface area contributed by atoms with Gasteiger partial charge in [0.1, 0.15) is 5.75 Å². The highest BCUT2D eigenvalue weighted by Crippen LogP contribution is 2.32. The van der Waals surface area contributed by atoms with E-state index < -0.39 is 10.0 Å². The van der Waals surface area contributed by atoms with Crippen LogP contribution in [0.15, 0.2) is 47.4 Å². The summed E-state index contributed by atoms with van der Waals surface area (Å²) in [5, 5.41) is 0. The molecule has 7 heteroatoms. The summed E-state index contributed by atoms with van der Waals surface area (Å²) in [6, 6.07) is 11.6. The first-order valence-electron chi connectivity index (χ1n) is 7.24. The first-order valence-corrected chi connectivity index (χ1v) is 8.68. The van der Waals surface area contributed by atoms with E-state index in [0.717, 1.165) is 5.56 Å². The van der Waals surface area contributed by atoms with Crippen LogP contribution in [0.1, 0.15) is 5.56 Å². The molecule has 0 aliphatic heterocycles. The summed E-state index contributed by atoms with van der Waals surface area (Å²) >= 11 is 0. The van der Waals surface area contributed by atoms with Gasteiger partial charge in [0.15, 0.2) is 11.5 Å². The lowest BCUT2D eigenvalue weighted by Crippen LogP contribution is -2.26. The average molecular weight is 351 g/mol. The molecule has 0 aromatic heterocycles. The molecule has 0 fully saturated rings. The number of ether oxygens (including phenoxy) is 3. The van der Waals surface area contributed by atoms with Crippen molar-refractivity contribution < 1.29 is 22.6 Å². The molecule has 0 N–H and O–H groups in total. The Morgan fingerprint density at radius 3 is 2.12 bits per heavy atom. The quantitative estimate of drug-likeness (QED) is 0.767. The van der Waals surface area contributed by atoms with Gasteiger partial charge in [-0.25, -0.2) is 8.42 Å². The van der Waals surface area contributed by atoms with Crippen molar-refractivity contribution in [2.24, 2.45) is 0 Å². The molecular weight excluding hydrogens is 330 g/mol. The summed E-state index contributed by atoms with van der Waals surface area (Å²) in [5.74, 6) is 1.69. The Morgan fingerprint density at radius 1 is 0.917 bits per heavy atom. The van der Waals surface area contributed by atoms with Gasteiger partial charge in [0.25, 0.3) is 0 Å². The molecule has 2 rings (SSSR count). The normalized spacial score (nSPS) is 11.4. The van der Waals surface area contributed by atoms with Gasteiger partial charge < -0.3 is 14.2 Å². The van der Waals surface area contributed by atoms with E-state index in [0.29, 0.717) is 17.2 Å². The largest absolute Gasteiger partial charge is 0.497 e. The van der Waals surface area contributed by atoms with E-state index in [2.05, 4.69) is 0 Å². The van der Waals surface area contributed by atoms with Crippen molar-refractivity contribution in [2.75, 3.05) is 28.4 Å². The molecule has 0 bridgehead atoms. The molecule has 0 atom stereocenters. The third-order valence-corrected chi connectivity index (χ3v) is 5.46. The predicted octanol–water partition coefficient (Wildman–Crippen LogP) is 2.53. The van der Waals surface area contributed by atoms with E-state index in [1.807, 2.05) is 0 Å². The monoisotopic (exact) mass is 351 g/mol. The standard InChI is InChI=1S/C17H21NO5S/c1-18(12-13-6-5-7-16(22-3)17(13)23-4)24(19,20)15-10-8-14(21-2)9-11-15/h5-11H,12H2,1-4H3. The van der Waals surface area contributed by atoms with Crippen LogP contribution in [0.3, 0.4) is 0 Å². The zero-order valence-corrected chi connectivity index (χ0v) is 15.0. The second-order valence-corrected chi connectivity index (χ2v) is 7.13. The summed E-state index contributed by atoms with van der Waals surface area (Å²) in [6.45, 7) is 0.161. The number of benzene rings is 2. The Labute approximate surface area is 142 Å². The molecule has 0 saturated carbocycles. The minimum atomic E-state index is -3.63. The average Bonchev–Trinajstić information content (AvgIpc) is 2.61. The second kappa shape index (κ2) is 7.55. The summed E-state index contributed by atoms with van der Waals surface area (Å²) in [4.78, 5) is 0.202. The highest BCUT2D eigenvalue weighted by molar-refractivity contribution is 7.89. The summed E-state index contributed by atoms with van der Waals surface area (Å²) in [7, 11) is 2.50. The van der Waals surface area contributed by atoms with Gasteiger partial charge in [-0.3, -0.25) is 0 Å². The number of methoxy groups -OCH3 is 3. The van der Waals surface area contributed by atoms with Gasteiger partial charge in [-0.05, 0) is 30.3 Å². The van der Waals surface area contributed by atoms with Crippen molar-refractivity contribution in [3.8, 4) is 17.2 Å². The van der Waals surface area contributed by atoms with Crippen molar-refractivity contribution >= 4 is 10.0 Å². The lowest BCUT2D eigenvalue weighted by molar-refractivity contribution is 0.347. The Hall–Kier alpha value is -2.25. The number of hydrogen-bond donors (Lipinski definition) is 0. The van der Waals surface area contributed by atoms with Crippen molar-refractivity contribution in [1.29, 1.82) is 0 Å². The minimum absolute atomic E-state index is 0.161. The first kappa shape index (κ1) is 18.1. The maximum atomic E-state index is 12.7. The molecule has 0 saturated heterocycles. The van der Waals surface area contributed by atoms with E-state index in [-0.39, 0.29) is 11.4 Å². The second-order valence-electron chi connectivity index (χ2n) is 5.09. The van der Waals surface area contributed by atoms with E-state index in [4.69, 9.17) is 14.2 Å². The fourth-order valence-corrected chi connectivity index (χ4v) is 3.48. The number of nitrogens with zero attached hydrogens (tertiary/aromatic N) is 1. The van der Waals surface area contributed by atoms with Crippen molar-refractivity contribution in [3.63, 3.8) is 0 Å². The molecule has 24 heavy (non-hydrogen) atoms. The predicted molar refractivity (Wildman–Crippen MR) is 91.2 cm³/mol. The maximum absolute atomic E-state index is 12.7. The summed E-state index contributed by atoms with van der Waals surface area (Å²) in [6.07, 6.45) is 0. The van der Waals surface area contributed by atoms with Gasteiger partial charge in [-0.2, -0.15) is 4.31 Å². The molecule has 0 aliphatic rings. The lowest BCUT2D eigenvalue weighted by atomic mass is 10.2. The van der Waals surface area contributed by atoms with Crippen LogP contribution in [-0.4, -0.2) is 41.1 Å².